The summed E-state index contributed by atoms with van der Waals surface area (Å²) in [5.41, 5.74) is 2.16. The van der Waals surface area contributed by atoms with Crippen molar-refractivity contribution in [3.63, 3.8) is 0 Å². The maximum atomic E-state index is 4.30. The predicted molar refractivity (Wildman–Crippen MR) is 57.0 cm³/mol. The minimum absolute atomic E-state index is 0.731. The van der Waals surface area contributed by atoms with Crippen molar-refractivity contribution in [3.05, 3.63) is 24.8 Å². The Bertz CT molecular complexity index is 417. The first-order valence-corrected chi connectivity index (χ1v) is 5.02. The fraction of sp³-hybridized carbons (Fsp3) is 0.455. The SMILES string of the molecule is CC(C)CCn1cnc2cnccc21. The third kappa shape index (κ3) is 1.76. The highest BCUT2D eigenvalue weighted by Gasteiger charge is 2.02. The van der Waals surface area contributed by atoms with Gasteiger partial charge >= 0.3 is 0 Å². The molecule has 0 amide bonds. The monoisotopic (exact) mass is 189 g/mol. The molecule has 0 saturated carbocycles. The first-order chi connectivity index (χ1) is 6.77. The summed E-state index contributed by atoms with van der Waals surface area (Å²) in [7, 11) is 0. The third-order valence-electron chi connectivity index (χ3n) is 2.37. The smallest absolute Gasteiger partial charge is 0.107 e. The van der Waals surface area contributed by atoms with Gasteiger partial charge in [0.15, 0.2) is 0 Å². The van der Waals surface area contributed by atoms with Crippen LogP contribution in [0.2, 0.25) is 0 Å². The fourth-order valence-corrected chi connectivity index (χ4v) is 1.49. The average molecular weight is 189 g/mol. The molecule has 2 rings (SSSR count). The summed E-state index contributed by atoms with van der Waals surface area (Å²) in [5, 5.41) is 0. The highest BCUT2D eigenvalue weighted by molar-refractivity contribution is 5.73. The van der Waals surface area contributed by atoms with Crippen molar-refractivity contribution < 1.29 is 0 Å². The molecule has 0 aromatic carbocycles. The van der Waals surface area contributed by atoms with Crippen LogP contribution in [0.5, 0.6) is 0 Å². The van der Waals surface area contributed by atoms with Gasteiger partial charge in [-0.25, -0.2) is 4.98 Å². The minimum atomic E-state index is 0.731. The second kappa shape index (κ2) is 3.78. The summed E-state index contributed by atoms with van der Waals surface area (Å²) in [6.07, 6.45) is 6.71. The quantitative estimate of drug-likeness (QED) is 0.742. The topological polar surface area (TPSA) is 30.7 Å². The molecular weight excluding hydrogens is 174 g/mol. The molecule has 0 saturated heterocycles. The lowest BCUT2D eigenvalue weighted by Gasteiger charge is -2.06. The van der Waals surface area contributed by atoms with Gasteiger partial charge in [0.1, 0.15) is 5.52 Å². The van der Waals surface area contributed by atoms with E-state index in [9.17, 15) is 0 Å². The van der Waals surface area contributed by atoms with Gasteiger partial charge in [-0.15, -0.1) is 0 Å². The van der Waals surface area contributed by atoms with Gasteiger partial charge in [-0.3, -0.25) is 4.98 Å². The van der Waals surface area contributed by atoms with Crippen LogP contribution in [-0.4, -0.2) is 14.5 Å². The molecule has 2 aromatic rings. The fourth-order valence-electron chi connectivity index (χ4n) is 1.49. The van der Waals surface area contributed by atoms with Crippen molar-refractivity contribution in [2.75, 3.05) is 0 Å². The first kappa shape index (κ1) is 9.19. The van der Waals surface area contributed by atoms with Crippen LogP contribution in [0.4, 0.5) is 0 Å². The number of hydrogen-bond acceptors (Lipinski definition) is 2. The number of rotatable bonds is 3. The summed E-state index contributed by atoms with van der Waals surface area (Å²) in [4.78, 5) is 8.34. The van der Waals surface area contributed by atoms with Gasteiger partial charge < -0.3 is 4.57 Å². The Hall–Kier alpha value is -1.38. The summed E-state index contributed by atoms with van der Waals surface area (Å²) in [6, 6.07) is 2.02. The predicted octanol–water partition coefficient (Wildman–Crippen LogP) is 2.48. The van der Waals surface area contributed by atoms with Gasteiger partial charge in [-0.2, -0.15) is 0 Å². The minimum Gasteiger partial charge on any atom is -0.330 e. The molecule has 0 atom stereocenters. The van der Waals surface area contributed by atoms with Crippen molar-refractivity contribution in [1.29, 1.82) is 0 Å². The third-order valence-corrected chi connectivity index (χ3v) is 2.37. The van der Waals surface area contributed by atoms with Crippen molar-refractivity contribution >= 4 is 11.0 Å². The van der Waals surface area contributed by atoms with Crippen molar-refractivity contribution in [3.8, 4) is 0 Å². The molecule has 0 radical (unpaired) electrons. The molecule has 2 heterocycles. The molecule has 2 aromatic heterocycles. The Morgan fingerprint density at radius 3 is 3.07 bits per heavy atom. The molecule has 0 N–H and O–H groups in total. The van der Waals surface area contributed by atoms with Crippen LogP contribution in [0.3, 0.4) is 0 Å². The number of imidazole rings is 1. The maximum absolute atomic E-state index is 4.30. The normalized spacial score (nSPS) is 11.4. The molecule has 0 bridgehead atoms. The van der Waals surface area contributed by atoms with E-state index in [-0.39, 0.29) is 0 Å². The molecular formula is C11H15N3. The van der Waals surface area contributed by atoms with Crippen molar-refractivity contribution in [1.82, 2.24) is 14.5 Å². The van der Waals surface area contributed by atoms with E-state index in [0.29, 0.717) is 0 Å². The molecule has 14 heavy (non-hydrogen) atoms. The van der Waals surface area contributed by atoms with E-state index in [1.54, 1.807) is 6.20 Å². The Morgan fingerprint density at radius 1 is 1.43 bits per heavy atom. The lowest BCUT2D eigenvalue weighted by atomic mass is 10.1. The van der Waals surface area contributed by atoms with Crippen molar-refractivity contribution in [2.45, 2.75) is 26.8 Å². The van der Waals surface area contributed by atoms with Crippen LogP contribution in [0.15, 0.2) is 24.8 Å². The first-order valence-electron chi connectivity index (χ1n) is 5.02. The number of fused-ring (bicyclic) bond motifs is 1. The molecule has 74 valence electrons. The molecule has 0 unspecified atom stereocenters. The van der Waals surface area contributed by atoms with Gasteiger partial charge in [-0.1, -0.05) is 13.8 Å². The Morgan fingerprint density at radius 2 is 2.29 bits per heavy atom. The van der Waals surface area contributed by atoms with Crippen LogP contribution in [0.1, 0.15) is 20.3 Å². The standard InChI is InChI=1S/C11H15N3/c1-9(2)4-6-14-8-13-10-7-12-5-3-11(10)14/h3,5,7-9H,4,6H2,1-2H3. The molecule has 0 spiro atoms. The molecule has 0 aliphatic heterocycles. The molecule has 0 aliphatic carbocycles. The van der Waals surface area contributed by atoms with E-state index in [4.69, 9.17) is 0 Å². The highest BCUT2D eigenvalue weighted by Crippen LogP contribution is 2.12. The van der Waals surface area contributed by atoms with Crippen LogP contribution in [-0.2, 0) is 6.54 Å². The zero-order chi connectivity index (χ0) is 9.97. The van der Waals surface area contributed by atoms with E-state index in [0.717, 1.165) is 18.0 Å². The Labute approximate surface area is 83.8 Å². The van der Waals surface area contributed by atoms with E-state index in [1.807, 2.05) is 18.6 Å². The van der Waals surface area contributed by atoms with E-state index >= 15 is 0 Å². The Kier molecular flexibility index (Phi) is 2.48. The van der Waals surface area contributed by atoms with Crippen LogP contribution >= 0.6 is 0 Å². The second-order valence-corrected chi connectivity index (χ2v) is 3.98. The van der Waals surface area contributed by atoms with Gasteiger partial charge in [0.2, 0.25) is 0 Å². The summed E-state index contributed by atoms with van der Waals surface area (Å²) < 4.78 is 2.19. The molecule has 3 heteroatoms. The molecule has 3 nitrogen and oxygen atoms in total. The summed E-state index contributed by atoms with van der Waals surface area (Å²) >= 11 is 0. The van der Waals surface area contributed by atoms with Crippen molar-refractivity contribution in [2.24, 2.45) is 5.92 Å². The van der Waals surface area contributed by atoms with E-state index in [1.165, 1.54) is 11.9 Å². The maximum Gasteiger partial charge on any atom is 0.107 e. The van der Waals surface area contributed by atoms with Crippen LogP contribution in [0, 0.1) is 5.92 Å². The number of aryl methyl sites for hydroxylation is 1. The lowest BCUT2D eigenvalue weighted by molar-refractivity contribution is 0.523. The molecule has 0 fully saturated rings. The number of nitrogens with zero attached hydrogens (tertiary/aromatic N) is 3. The Balaban J connectivity index is 2.25. The van der Waals surface area contributed by atoms with E-state index < -0.39 is 0 Å². The molecule has 0 aliphatic rings. The number of hydrogen-bond donors (Lipinski definition) is 0. The van der Waals surface area contributed by atoms with Gasteiger partial charge in [0.05, 0.1) is 18.0 Å². The van der Waals surface area contributed by atoms with Gasteiger partial charge in [0.25, 0.3) is 0 Å². The number of pyridine rings is 1. The zero-order valence-corrected chi connectivity index (χ0v) is 8.64. The average Bonchev–Trinajstić information content (AvgIpc) is 2.58. The largest absolute Gasteiger partial charge is 0.330 e. The van der Waals surface area contributed by atoms with Gasteiger partial charge in [-0.05, 0) is 18.4 Å². The summed E-state index contributed by atoms with van der Waals surface area (Å²) in [6.45, 7) is 5.51. The number of aromatic nitrogens is 3. The van der Waals surface area contributed by atoms with Crippen LogP contribution in [0.25, 0.3) is 11.0 Å². The van der Waals surface area contributed by atoms with Gasteiger partial charge in [0, 0.05) is 12.7 Å². The second-order valence-electron chi connectivity index (χ2n) is 3.98. The zero-order valence-electron chi connectivity index (χ0n) is 8.64. The highest BCUT2D eigenvalue weighted by atomic mass is 15.0. The van der Waals surface area contributed by atoms with E-state index in [2.05, 4.69) is 28.4 Å². The summed E-state index contributed by atoms with van der Waals surface area (Å²) in [5.74, 6) is 0.731. The van der Waals surface area contributed by atoms with Crippen LogP contribution < -0.4 is 0 Å². The lowest BCUT2D eigenvalue weighted by Crippen LogP contribution is -1.99.